The average Bonchev–Trinajstić information content (AvgIpc) is 2.06. The number of aliphatic hydroxyl groups excluding tert-OH is 1. The molecule has 1 aromatic rings. The van der Waals surface area contributed by atoms with E-state index in [1.165, 1.54) is 0 Å². The van der Waals surface area contributed by atoms with Gasteiger partial charge in [-0.25, -0.2) is 0 Å². The van der Waals surface area contributed by atoms with Crippen LogP contribution in [0.4, 0.5) is 0 Å². The van der Waals surface area contributed by atoms with Crippen molar-refractivity contribution < 1.29 is 5.11 Å². The molecule has 0 bridgehead atoms. The van der Waals surface area contributed by atoms with Gasteiger partial charge in [0.2, 0.25) is 0 Å². The van der Waals surface area contributed by atoms with Gasteiger partial charge >= 0.3 is 0 Å². The third-order valence-electron chi connectivity index (χ3n) is 1.70. The van der Waals surface area contributed by atoms with E-state index >= 15 is 0 Å². The van der Waals surface area contributed by atoms with E-state index in [1.54, 1.807) is 12.3 Å². The van der Waals surface area contributed by atoms with Crippen LogP contribution < -0.4 is 0 Å². The molecule has 0 aromatic carbocycles. The fraction of sp³-hybridized carbons (Fsp3) is 0.444. The Bertz CT molecular complexity index is 218. The van der Waals surface area contributed by atoms with Crippen molar-refractivity contribution in [3.8, 4) is 0 Å². The maximum atomic E-state index is 9.00. The predicted molar refractivity (Wildman–Crippen MR) is 43.2 cm³/mol. The molecule has 1 radical (unpaired) electrons. The Morgan fingerprint density at radius 1 is 1.64 bits per heavy atom. The molecule has 0 aliphatic carbocycles. The van der Waals surface area contributed by atoms with Gasteiger partial charge in [-0.05, 0) is 6.07 Å². The van der Waals surface area contributed by atoms with Crippen molar-refractivity contribution in [1.29, 1.82) is 0 Å². The van der Waals surface area contributed by atoms with Gasteiger partial charge in [0.15, 0.2) is 0 Å². The number of aromatic nitrogens is 1. The fourth-order valence-electron chi connectivity index (χ4n) is 0.801. The summed E-state index contributed by atoms with van der Waals surface area (Å²) in [6.45, 7) is 4.02. The van der Waals surface area contributed by atoms with Crippen molar-refractivity contribution in [2.45, 2.75) is 19.3 Å². The molecule has 2 nitrogen and oxygen atoms in total. The maximum absolute atomic E-state index is 9.00. The third kappa shape index (κ3) is 1.77. The summed E-state index contributed by atoms with van der Waals surface area (Å²) in [4.78, 5) is 4.11. The Morgan fingerprint density at radius 2 is 2.36 bits per heavy atom. The summed E-state index contributed by atoms with van der Waals surface area (Å²) in [5, 5.41) is 9.00. The molecule has 59 valence electrons. The highest BCUT2D eigenvalue weighted by Gasteiger charge is 2.19. The van der Waals surface area contributed by atoms with Gasteiger partial charge < -0.3 is 5.11 Å². The van der Waals surface area contributed by atoms with Gasteiger partial charge in [-0.3, -0.25) is 4.98 Å². The first kappa shape index (κ1) is 8.21. The molecule has 1 heterocycles. The first-order chi connectivity index (χ1) is 5.17. The Labute approximate surface area is 66.9 Å². The van der Waals surface area contributed by atoms with Gasteiger partial charge in [-0.15, -0.1) is 0 Å². The van der Waals surface area contributed by atoms with Crippen LogP contribution in [-0.4, -0.2) is 16.7 Å². The van der Waals surface area contributed by atoms with Crippen molar-refractivity contribution in [3.63, 3.8) is 0 Å². The van der Waals surface area contributed by atoms with Crippen molar-refractivity contribution in [2.24, 2.45) is 0 Å². The fourth-order valence-corrected chi connectivity index (χ4v) is 0.801. The van der Waals surface area contributed by atoms with Gasteiger partial charge in [0.25, 0.3) is 0 Å². The molecule has 11 heavy (non-hydrogen) atoms. The summed E-state index contributed by atoms with van der Waals surface area (Å²) in [6, 6.07) is 6.51. The number of rotatable bonds is 2. The molecule has 1 N–H and O–H groups in total. The zero-order valence-electron chi connectivity index (χ0n) is 6.83. The monoisotopic (exact) mass is 150 g/mol. The van der Waals surface area contributed by atoms with Gasteiger partial charge in [0.05, 0.1) is 6.61 Å². The largest absolute Gasteiger partial charge is 0.395 e. The highest BCUT2D eigenvalue weighted by molar-refractivity contribution is 5.13. The minimum absolute atomic E-state index is 0.115. The predicted octanol–water partition coefficient (Wildman–Crippen LogP) is 1.15. The first-order valence-corrected chi connectivity index (χ1v) is 3.60. The summed E-state index contributed by atoms with van der Waals surface area (Å²) in [6.07, 6.45) is 1.62. The van der Waals surface area contributed by atoms with Crippen LogP contribution in [0.5, 0.6) is 0 Å². The van der Waals surface area contributed by atoms with Crippen LogP contribution in [0.1, 0.15) is 19.5 Å². The molecule has 0 aliphatic heterocycles. The molecule has 0 amide bonds. The molecule has 0 saturated heterocycles. The van der Waals surface area contributed by atoms with E-state index in [1.807, 2.05) is 19.9 Å². The zero-order valence-corrected chi connectivity index (χ0v) is 6.83. The lowest BCUT2D eigenvalue weighted by molar-refractivity contribution is 0.215. The average molecular weight is 150 g/mol. The van der Waals surface area contributed by atoms with Gasteiger partial charge in [0.1, 0.15) is 0 Å². The minimum Gasteiger partial charge on any atom is -0.395 e. The van der Waals surface area contributed by atoms with Crippen LogP contribution in [0, 0.1) is 6.07 Å². The molecule has 1 rings (SSSR count). The highest BCUT2D eigenvalue weighted by atomic mass is 16.3. The number of pyridine rings is 1. The van der Waals surface area contributed by atoms with E-state index in [2.05, 4.69) is 11.1 Å². The van der Waals surface area contributed by atoms with Crippen molar-refractivity contribution in [1.82, 2.24) is 4.98 Å². The topological polar surface area (TPSA) is 33.1 Å². The second kappa shape index (κ2) is 3.01. The van der Waals surface area contributed by atoms with Crippen LogP contribution in [0.25, 0.3) is 0 Å². The van der Waals surface area contributed by atoms with Crippen molar-refractivity contribution in [3.05, 3.63) is 30.1 Å². The number of hydrogen-bond donors (Lipinski definition) is 1. The third-order valence-corrected chi connectivity index (χ3v) is 1.70. The molecule has 0 spiro atoms. The molecule has 0 fully saturated rings. The molecule has 1 aromatic heterocycles. The lowest BCUT2D eigenvalue weighted by atomic mass is 9.90. The second-order valence-electron chi connectivity index (χ2n) is 3.19. The second-order valence-corrected chi connectivity index (χ2v) is 3.19. The SMILES string of the molecule is CC(C)(CO)c1cc[c]cn1. The zero-order chi connectivity index (χ0) is 8.32. The summed E-state index contributed by atoms with van der Waals surface area (Å²) >= 11 is 0. The molecule has 0 saturated carbocycles. The van der Waals surface area contributed by atoms with E-state index in [-0.39, 0.29) is 12.0 Å². The van der Waals surface area contributed by atoms with E-state index in [4.69, 9.17) is 5.11 Å². The Kier molecular flexibility index (Phi) is 2.25. The molecule has 0 atom stereocenters. The maximum Gasteiger partial charge on any atom is 0.0537 e. The van der Waals surface area contributed by atoms with Crippen LogP contribution in [0.2, 0.25) is 0 Å². The van der Waals surface area contributed by atoms with E-state index in [0.717, 1.165) is 5.69 Å². The Balaban J connectivity index is 2.93. The molecule has 0 aliphatic rings. The first-order valence-electron chi connectivity index (χ1n) is 3.60. The summed E-state index contributed by atoms with van der Waals surface area (Å²) in [5.41, 5.74) is 0.661. The van der Waals surface area contributed by atoms with Gasteiger partial charge in [-0.2, -0.15) is 0 Å². The highest BCUT2D eigenvalue weighted by Crippen LogP contribution is 2.18. The van der Waals surface area contributed by atoms with Crippen molar-refractivity contribution >= 4 is 0 Å². The van der Waals surface area contributed by atoms with E-state index in [0.29, 0.717) is 0 Å². The summed E-state index contributed by atoms with van der Waals surface area (Å²) < 4.78 is 0. The van der Waals surface area contributed by atoms with Crippen LogP contribution in [0.3, 0.4) is 0 Å². The lowest BCUT2D eigenvalue weighted by Gasteiger charge is -2.20. The molecular formula is C9H12NO. The number of hydrogen-bond acceptors (Lipinski definition) is 2. The standard InChI is InChI=1S/C9H12NO/c1-9(2,7-11)8-5-3-4-6-10-8/h3,5-6,11H,7H2,1-2H3. The van der Waals surface area contributed by atoms with Gasteiger partial charge in [0, 0.05) is 23.4 Å². The smallest absolute Gasteiger partial charge is 0.0537 e. The molecular weight excluding hydrogens is 138 g/mol. The van der Waals surface area contributed by atoms with E-state index < -0.39 is 0 Å². The summed E-state index contributed by atoms with van der Waals surface area (Å²) in [7, 11) is 0. The number of aliphatic hydroxyl groups is 1. The van der Waals surface area contributed by atoms with Crippen LogP contribution in [0.15, 0.2) is 18.3 Å². The Morgan fingerprint density at radius 3 is 2.82 bits per heavy atom. The minimum atomic E-state index is -0.241. The molecule has 0 unspecified atom stereocenters. The van der Waals surface area contributed by atoms with Gasteiger partial charge in [-0.1, -0.05) is 19.9 Å². The van der Waals surface area contributed by atoms with E-state index in [9.17, 15) is 0 Å². The van der Waals surface area contributed by atoms with Crippen LogP contribution in [-0.2, 0) is 5.41 Å². The van der Waals surface area contributed by atoms with Crippen molar-refractivity contribution in [2.75, 3.05) is 6.61 Å². The Hall–Kier alpha value is -0.890. The van der Waals surface area contributed by atoms with Crippen LogP contribution >= 0.6 is 0 Å². The summed E-state index contributed by atoms with van der Waals surface area (Å²) in [5.74, 6) is 0. The normalized spacial score (nSPS) is 11.5. The number of nitrogens with zero attached hydrogens (tertiary/aromatic N) is 1. The lowest BCUT2D eigenvalue weighted by Crippen LogP contribution is -2.23. The molecule has 2 heteroatoms. The quantitative estimate of drug-likeness (QED) is 0.686.